The highest BCUT2D eigenvalue weighted by Gasteiger charge is 2.26. The van der Waals surface area contributed by atoms with Crippen LogP contribution in [0.3, 0.4) is 0 Å². The first-order chi connectivity index (χ1) is 15.0. The molecule has 0 saturated heterocycles. The van der Waals surface area contributed by atoms with Crippen molar-refractivity contribution in [1.29, 1.82) is 0 Å². The van der Waals surface area contributed by atoms with Crippen LogP contribution in [0, 0.1) is 5.92 Å². The van der Waals surface area contributed by atoms with Crippen LogP contribution in [-0.2, 0) is 11.2 Å². The van der Waals surface area contributed by atoms with Crippen LogP contribution in [0.25, 0.3) is 11.4 Å². The van der Waals surface area contributed by atoms with Gasteiger partial charge in [0, 0.05) is 12.0 Å². The Morgan fingerprint density at radius 1 is 1.10 bits per heavy atom. The first kappa shape index (κ1) is 22.3. The quantitative estimate of drug-likeness (QED) is 0.513. The number of hydrogen-bond acceptors (Lipinski definition) is 6. The van der Waals surface area contributed by atoms with Crippen molar-refractivity contribution < 1.29 is 18.8 Å². The molecule has 1 aromatic heterocycles. The fraction of sp³-hybridized carbons (Fsp3) is 0.375. The van der Waals surface area contributed by atoms with E-state index in [-0.39, 0.29) is 17.9 Å². The summed E-state index contributed by atoms with van der Waals surface area (Å²) in [7, 11) is 3.16. The summed E-state index contributed by atoms with van der Waals surface area (Å²) in [5.41, 5.74) is 1.87. The average molecular weight is 424 g/mol. The van der Waals surface area contributed by atoms with E-state index in [0.29, 0.717) is 36.1 Å². The highest BCUT2D eigenvalue weighted by Crippen LogP contribution is 2.32. The Morgan fingerprint density at radius 3 is 2.52 bits per heavy atom. The molecule has 0 bridgehead atoms. The van der Waals surface area contributed by atoms with Crippen LogP contribution in [0.5, 0.6) is 11.5 Å². The second kappa shape index (κ2) is 10.6. The number of nitrogens with one attached hydrogen (secondary N) is 1. The molecule has 7 nitrogen and oxygen atoms in total. The zero-order valence-corrected chi connectivity index (χ0v) is 18.4. The van der Waals surface area contributed by atoms with Crippen LogP contribution in [0.2, 0.25) is 0 Å². The van der Waals surface area contributed by atoms with E-state index in [1.165, 1.54) is 0 Å². The van der Waals surface area contributed by atoms with E-state index in [9.17, 15) is 4.79 Å². The average Bonchev–Trinajstić information content (AvgIpc) is 3.30. The third kappa shape index (κ3) is 5.63. The number of methoxy groups -OCH3 is 2. The number of aryl methyl sites for hydroxylation is 1. The van der Waals surface area contributed by atoms with E-state index in [0.717, 1.165) is 17.5 Å². The summed E-state index contributed by atoms with van der Waals surface area (Å²) in [5.74, 6) is 2.13. The van der Waals surface area contributed by atoms with Crippen LogP contribution in [0.1, 0.15) is 44.2 Å². The predicted molar refractivity (Wildman–Crippen MR) is 118 cm³/mol. The van der Waals surface area contributed by atoms with Gasteiger partial charge in [0.05, 0.1) is 14.2 Å². The molecular formula is C24H29N3O4. The van der Waals surface area contributed by atoms with Gasteiger partial charge in [-0.1, -0.05) is 55.8 Å². The highest BCUT2D eigenvalue weighted by molar-refractivity contribution is 5.76. The molecule has 0 fully saturated rings. The van der Waals surface area contributed by atoms with Crippen molar-refractivity contribution in [3.8, 4) is 22.9 Å². The molecule has 0 spiro atoms. The molecular weight excluding hydrogens is 394 g/mol. The molecule has 1 heterocycles. The second-order valence-corrected chi connectivity index (χ2v) is 7.44. The smallest absolute Gasteiger partial charge is 0.249 e. The first-order valence-corrected chi connectivity index (χ1v) is 10.4. The largest absolute Gasteiger partial charge is 0.493 e. The molecule has 0 unspecified atom stereocenters. The maximum absolute atomic E-state index is 12.6. The van der Waals surface area contributed by atoms with Crippen molar-refractivity contribution in [2.75, 3.05) is 14.2 Å². The molecule has 7 heteroatoms. The van der Waals surface area contributed by atoms with Gasteiger partial charge in [-0.3, -0.25) is 4.79 Å². The minimum atomic E-state index is -0.352. The van der Waals surface area contributed by atoms with Gasteiger partial charge in [0.15, 0.2) is 11.5 Å². The molecule has 1 N–H and O–H groups in total. The molecule has 31 heavy (non-hydrogen) atoms. The summed E-state index contributed by atoms with van der Waals surface area (Å²) < 4.78 is 16.2. The number of carbonyl (C=O) groups is 1. The molecule has 0 aliphatic carbocycles. The molecule has 2 aromatic carbocycles. The van der Waals surface area contributed by atoms with E-state index < -0.39 is 0 Å². The Hall–Kier alpha value is -3.35. The van der Waals surface area contributed by atoms with Gasteiger partial charge < -0.3 is 19.3 Å². The summed E-state index contributed by atoms with van der Waals surface area (Å²) >= 11 is 0. The summed E-state index contributed by atoms with van der Waals surface area (Å²) in [6, 6.07) is 15.0. The number of amides is 1. The first-order valence-electron chi connectivity index (χ1n) is 10.4. The molecule has 3 rings (SSSR count). The minimum absolute atomic E-state index is 0.0416. The standard InChI is InChI=1S/C24H29N3O4/c1-5-16(2)22(25-21(28)14-11-17-9-7-6-8-10-17)24-26-23(27-31-24)18-12-13-19(29-3)20(15-18)30-4/h6-10,12-13,15-16,22H,5,11,14H2,1-4H3,(H,25,28)/t16-,22-/m0/s1. The SMILES string of the molecule is CC[C@H](C)[C@H](NC(=O)CCc1ccccc1)c1nc(-c2ccc(OC)c(OC)c2)no1. The van der Waals surface area contributed by atoms with Gasteiger partial charge in [-0.15, -0.1) is 0 Å². The second-order valence-electron chi connectivity index (χ2n) is 7.44. The number of ether oxygens (including phenoxy) is 2. The fourth-order valence-electron chi connectivity index (χ4n) is 3.29. The van der Waals surface area contributed by atoms with Gasteiger partial charge >= 0.3 is 0 Å². The summed E-state index contributed by atoms with van der Waals surface area (Å²) in [5, 5.41) is 7.20. The zero-order chi connectivity index (χ0) is 22.2. The topological polar surface area (TPSA) is 86.5 Å². The van der Waals surface area contributed by atoms with E-state index in [4.69, 9.17) is 14.0 Å². The Balaban J connectivity index is 1.74. The van der Waals surface area contributed by atoms with Gasteiger partial charge in [0.2, 0.25) is 17.6 Å². The van der Waals surface area contributed by atoms with E-state index >= 15 is 0 Å². The lowest BCUT2D eigenvalue weighted by Crippen LogP contribution is -2.32. The minimum Gasteiger partial charge on any atom is -0.493 e. The Kier molecular flexibility index (Phi) is 7.65. The predicted octanol–water partition coefficient (Wildman–Crippen LogP) is 4.59. The third-order valence-electron chi connectivity index (χ3n) is 5.36. The lowest BCUT2D eigenvalue weighted by Gasteiger charge is -2.20. The van der Waals surface area contributed by atoms with Gasteiger partial charge in [-0.05, 0) is 36.1 Å². The van der Waals surface area contributed by atoms with E-state index in [1.54, 1.807) is 26.4 Å². The summed E-state index contributed by atoms with van der Waals surface area (Å²) in [4.78, 5) is 17.2. The summed E-state index contributed by atoms with van der Waals surface area (Å²) in [6.45, 7) is 4.13. The number of carbonyl (C=O) groups excluding carboxylic acids is 1. The fourth-order valence-corrected chi connectivity index (χ4v) is 3.29. The van der Waals surface area contributed by atoms with Crippen LogP contribution in [0.15, 0.2) is 53.1 Å². The van der Waals surface area contributed by atoms with Gasteiger partial charge in [-0.2, -0.15) is 4.98 Å². The number of aromatic nitrogens is 2. The zero-order valence-electron chi connectivity index (χ0n) is 18.4. The molecule has 0 radical (unpaired) electrons. The molecule has 0 aliphatic rings. The van der Waals surface area contributed by atoms with Crippen LogP contribution in [-0.4, -0.2) is 30.3 Å². The molecule has 0 aliphatic heterocycles. The Labute approximate surface area is 182 Å². The summed E-state index contributed by atoms with van der Waals surface area (Å²) in [6.07, 6.45) is 1.94. The number of nitrogens with zero attached hydrogens (tertiary/aromatic N) is 2. The maximum atomic E-state index is 12.6. The molecule has 1 amide bonds. The third-order valence-corrected chi connectivity index (χ3v) is 5.36. The van der Waals surface area contributed by atoms with Gasteiger partial charge in [0.1, 0.15) is 6.04 Å². The van der Waals surface area contributed by atoms with Gasteiger partial charge in [-0.25, -0.2) is 0 Å². The lowest BCUT2D eigenvalue weighted by atomic mass is 9.98. The van der Waals surface area contributed by atoms with Crippen molar-refractivity contribution in [2.45, 2.75) is 39.2 Å². The Morgan fingerprint density at radius 2 is 1.84 bits per heavy atom. The van der Waals surface area contributed by atoms with Crippen molar-refractivity contribution in [1.82, 2.24) is 15.5 Å². The van der Waals surface area contributed by atoms with Gasteiger partial charge in [0.25, 0.3) is 0 Å². The number of hydrogen-bond donors (Lipinski definition) is 1. The van der Waals surface area contributed by atoms with Crippen LogP contribution < -0.4 is 14.8 Å². The highest BCUT2D eigenvalue weighted by atomic mass is 16.5. The van der Waals surface area contributed by atoms with Crippen molar-refractivity contribution in [2.24, 2.45) is 5.92 Å². The van der Waals surface area contributed by atoms with Crippen LogP contribution >= 0.6 is 0 Å². The monoisotopic (exact) mass is 423 g/mol. The Bertz CT molecular complexity index is 987. The van der Waals surface area contributed by atoms with E-state index in [2.05, 4.69) is 29.3 Å². The molecule has 164 valence electrons. The van der Waals surface area contributed by atoms with Crippen molar-refractivity contribution in [3.05, 3.63) is 60.0 Å². The number of benzene rings is 2. The lowest BCUT2D eigenvalue weighted by molar-refractivity contribution is -0.122. The molecule has 3 aromatic rings. The van der Waals surface area contributed by atoms with E-state index in [1.807, 2.05) is 36.4 Å². The number of rotatable bonds is 10. The molecule has 2 atom stereocenters. The maximum Gasteiger partial charge on any atom is 0.249 e. The van der Waals surface area contributed by atoms with Crippen LogP contribution in [0.4, 0.5) is 0 Å². The molecule has 0 saturated carbocycles. The van der Waals surface area contributed by atoms with Crippen molar-refractivity contribution >= 4 is 5.91 Å². The normalized spacial score (nSPS) is 12.8. The van der Waals surface area contributed by atoms with Crippen molar-refractivity contribution in [3.63, 3.8) is 0 Å².